The Balaban J connectivity index is 2.66. The van der Waals surface area contributed by atoms with Crippen LogP contribution in [0.5, 0.6) is 0 Å². The van der Waals surface area contributed by atoms with Crippen LogP contribution in [-0.2, 0) is 11.2 Å². The van der Waals surface area contributed by atoms with Gasteiger partial charge in [0.15, 0.2) is 4.84 Å². The Bertz CT molecular complexity index is 387. The van der Waals surface area contributed by atoms with E-state index in [4.69, 9.17) is 34.8 Å². The summed E-state index contributed by atoms with van der Waals surface area (Å²) in [7, 11) is 0. The Kier molecular flexibility index (Phi) is 5.11. The van der Waals surface area contributed by atoms with E-state index in [1.54, 1.807) is 0 Å². The molecule has 1 rings (SSSR count). The summed E-state index contributed by atoms with van der Waals surface area (Å²) in [6, 6.07) is 7.49. The van der Waals surface area contributed by atoms with Gasteiger partial charge in [-0.1, -0.05) is 46.9 Å². The maximum Gasteiger partial charge on any atom is 0.253 e. The van der Waals surface area contributed by atoms with E-state index >= 15 is 0 Å². The zero-order chi connectivity index (χ0) is 13.1. The lowest BCUT2D eigenvalue weighted by atomic mass is 9.95. The summed E-state index contributed by atoms with van der Waals surface area (Å²) >= 11 is 16.8. The maximum atomic E-state index is 11.4. The second-order valence-corrected chi connectivity index (χ2v) is 6.01. The van der Waals surface area contributed by atoms with E-state index in [9.17, 15) is 4.79 Å². The summed E-state index contributed by atoms with van der Waals surface area (Å²) in [4.78, 5) is 10.4. The zero-order valence-corrected chi connectivity index (χ0v) is 11.9. The second-order valence-electron chi connectivity index (χ2n) is 4.48. The summed E-state index contributed by atoms with van der Waals surface area (Å²) in [5.41, 5.74) is 0.674. The second kappa shape index (κ2) is 5.94. The highest BCUT2D eigenvalue weighted by atomic mass is 35.5. The van der Waals surface area contributed by atoms with Gasteiger partial charge < -0.3 is 5.32 Å². The minimum Gasteiger partial charge on any atom is -0.349 e. The molecule has 0 saturated carbocycles. The number of amides is 1. The van der Waals surface area contributed by atoms with Crippen molar-refractivity contribution in [2.24, 2.45) is 0 Å². The van der Waals surface area contributed by atoms with Gasteiger partial charge in [0.2, 0.25) is 0 Å². The Morgan fingerprint density at radius 3 is 2.29 bits per heavy atom. The number of halogens is 3. The Morgan fingerprint density at radius 2 is 1.82 bits per heavy atom. The first-order valence-corrected chi connectivity index (χ1v) is 6.40. The van der Waals surface area contributed by atoms with Crippen molar-refractivity contribution in [1.29, 1.82) is 0 Å². The van der Waals surface area contributed by atoms with Gasteiger partial charge in [0.05, 0.1) is 0 Å². The molecular formula is C12H14Cl3NO. The molecule has 1 aromatic carbocycles. The summed E-state index contributed by atoms with van der Waals surface area (Å²) in [5, 5.41) is 3.47. The fraction of sp³-hybridized carbons (Fsp3) is 0.417. The van der Waals surface area contributed by atoms with Crippen LogP contribution in [0.1, 0.15) is 19.4 Å². The zero-order valence-electron chi connectivity index (χ0n) is 9.64. The Morgan fingerprint density at radius 1 is 1.29 bits per heavy atom. The van der Waals surface area contributed by atoms with Crippen molar-refractivity contribution in [3.63, 3.8) is 0 Å². The van der Waals surface area contributed by atoms with Gasteiger partial charge in [-0.3, -0.25) is 4.79 Å². The molecule has 17 heavy (non-hydrogen) atoms. The lowest BCUT2D eigenvalue weighted by Gasteiger charge is -2.26. The molecule has 94 valence electrons. The molecule has 0 radical (unpaired) electrons. The van der Waals surface area contributed by atoms with E-state index < -0.39 is 10.4 Å². The number of rotatable bonds is 4. The molecule has 0 atom stereocenters. The van der Waals surface area contributed by atoms with Gasteiger partial charge in [-0.15, -0.1) is 0 Å². The van der Waals surface area contributed by atoms with Crippen molar-refractivity contribution in [3.8, 4) is 0 Å². The highest BCUT2D eigenvalue weighted by molar-refractivity contribution is 6.53. The number of benzene rings is 1. The van der Waals surface area contributed by atoms with Crippen molar-refractivity contribution < 1.29 is 4.79 Å². The fourth-order valence-corrected chi connectivity index (χ4v) is 1.78. The molecular weight excluding hydrogens is 280 g/mol. The molecule has 0 saturated heterocycles. The van der Waals surface area contributed by atoms with Gasteiger partial charge in [-0.25, -0.2) is 0 Å². The summed E-state index contributed by atoms with van der Waals surface area (Å²) in [6.45, 7) is 3.82. The Hall–Kier alpha value is -0.440. The van der Waals surface area contributed by atoms with Gasteiger partial charge in [-0.05, 0) is 38.0 Å². The molecule has 0 aliphatic rings. The highest BCUT2D eigenvalue weighted by Gasteiger charge is 2.23. The molecule has 2 nitrogen and oxygen atoms in total. The van der Waals surface area contributed by atoms with Crippen molar-refractivity contribution >= 4 is 40.7 Å². The number of hydrogen-bond donors (Lipinski definition) is 1. The SMILES string of the molecule is CC(C)(Cc1ccc(Cl)cc1)NC(=O)C(Cl)Cl. The topological polar surface area (TPSA) is 29.1 Å². The summed E-state index contributed by atoms with van der Waals surface area (Å²) < 4.78 is 0. The predicted octanol–water partition coefficient (Wildman–Crippen LogP) is 3.58. The molecule has 0 heterocycles. The molecule has 0 fully saturated rings. The van der Waals surface area contributed by atoms with Crippen molar-refractivity contribution in [1.82, 2.24) is 5.32 Å². The lowest BCUT2D eigenvalue weighted by Crippen LogP contribution is -2.47. The van der Waals surface area contributed by atoms with Crippen LogP contribution in [-0.4, -0.2) is 16.3 Å². The van der Waals surface area contributed by atoms with Crippen LogP contribution in [0.3, 0.4) is 0 Å². The summed E-state index contributed by atoms with van der Waals surface area (Å²) in [5.74, 6) is -0.382. The van der Waals surface area contributed by atoms with E-state index in [0.717, 1.165) is 5.56 Å². The molecule has 0 aromatic heterocycles. The normalized spacial score (nSPS) is 11.6. The van der Waals surface area contributed by atoms with Crippen LogP contribution in [0.25, 0.3) is 0 Å². The molecule has 0 aliphatic carbocycles. The van der Waals surface area contributed by atoms with E-state index in [1.807, 2.05) is 38.1 Å². The molecule has 1 N–H and O–H groups in total. The number of carbonyl (C=O) groups is 1. The van der Waals surface area contributed by atoms with Crippen LogP contribution in [0.4, 0.5) is 0 Å². The minimum absolute atomic E-state index is 0.382. The quantitative estimate of drug-likeness (QED) is 0.845. The third-order valence-corrected chi connectivity index (χ3v) is 2.87. The van der Waals surface area contributed by atoms with Crippen molar-refractivity contribution in [3.05, 3.63) is 34.9 Å². The van der Waals surface area contributed by atoms with Crippen molar-refractivity contribution in [2.45, 2.75) is 30.6 Å². The van der Waals surface area contributed by atoms with Crippen LogP contribution < -0.4 is 5.32 Å². The van der Waals surface area contributed by atoms with Gasteiger partial charge in [0.25, 0.3) is 5.91 Å². The predicted molar refractivity (Wildman–Crippen MR) is 72.9 cm³/mol. The average Bonchev–Trinajstić information content (AvgIpc) is 2.20. The average molecular weight is 295 g/mol. The standard InChI is InChI=1S/C12H14Cl3NO/c1-12(2,16-11(17)10(14)15)7-8-3-5-9(13)6-4-8/h3-6,10H,7H2,1-2H3,(H,16,17). The molecule has 5 heteroatoms. The monoisotopic (exact) mass is 293 g/mol. The van der Waals surface area contributed by atoms with Gasteiger partial charge in [-0.2, -0.15) is 0 Å². The third-order valence-electron chi connectivity index (χ3n) is 2.22. The van der Waals surface area contributed by atoms with Crippen LogP contribution >= 0.6 is 34.8 Å². The van der Waals surface area contributed by atoms with E-state index in [-0.39, 0.29) is 5.91 Å². The van der Waals surface area contributed by atoms with E-state index in [1.165, 1.54) is 0 Å². The smallest absolute Gasteiger partial charge is 0.253 e. The highest BCUT2D eigenvalue weighted by Crippen LogP contribution is 2.16. The summed E-state index contributed by atoms with van der Waals surface area (Å²) in [6.07, 6.45) is 0.677. The number of alkyl halides is 2. The van der Waals surface area contributed by atoms with Crippen LogP contribution in [0.2, 0.25) is 5.02 Å². The molecule has 0 bridgehead atoms. The molecule has 0 aliphatic heterocycles. The lowest BCUT2D eigenvalue weighted by molar-refractivity contribution is -0.120. The molecule has 1 amide bonds. The van der Waals surface area contributed by atoms with Crippen LogP contribution in [0, 0.1) is 0 Å². The first-order chi connectivity index (χ1) is 7.80. The largest absolute Gasteiger partial charge is 0.349 e. The maximum absolute atomic E-state index is 11.4. The van der Waals surface area contributed by atoms with Crippen molar-refractivity contribution in [2.75, 3.05) is 0 Å². The minimum atomic E-state index is -1.04. The first-order valence-electron chi connectivity index (χ1n) is 5.15. The molecule has 0 spiro atoms. The Labute approximate surface area is 116 Å². The number of carbonyl (C=O) groups excluding carboxylic acids is 1. The van der Waals surface area contributed by atoms with Gasteiger partial charge in [0.1, 0.15) is 0 Å². The van der Waals surface area contributed by atoms with E-state index in [0.29, 0.717) is 11.4 Å². The van der Waals surface area contributed by atoms with Gasteiger partial charge >= 0.3 is 0 Å². The molecule has 1 aromatic rings. The fourth-order valence-electron chi connectivity index (χ4n) is 1.54. The van der Waals surface area contributed by atoms with Gasteiger partial charge in [0, 0.05) is 10.6 Å². The molecule has 0 unspecified atom stereocenters. The first kappa shape index (κ1) is 14.6. The number of nitrogens with one attached hydrogen (secondary N) is 1. The van der Waals surface area contributed by atoms with E-state index in [2.05, 4.69) is 5.32 Å². The third kappa shape index (κ3) is 5.15. The van der Waals surface area contributed by atoms with Crippen LogP contribution in [0.15, 0.2) is 24.3 Å². The number of hydrogen-bond acceptors (Lipinski definition) is 1.